The van der Waals surface area contributed by atoms with Crippen molar-refractivity contribution in [2.75, 3.05) is 20.8 Å². The second-order valence-corrected chi connectivity index (χ2v) is 3.27. The van der Waals surface area contributed by atoms with Crippen LogP contribution in [0.5, 0.6) is 0 Å². The number of allylic oxidation sites excluding steroid dienone is 1. The van der Waals surface area contributed by atoms with E-state index in [4.69, 9.17) is 10.5 Å². The van der Waals surface area contributed by atoms with Gasteiger partial charge in [0.25, 0.3) is 0 Å². The van der Waals surface area contributed by atoms with Crippen molar-refractivity contribution < 1.29 is 4.74 Å². The lowest BCUT2D eigenvalue weighted by Crippen LogP contribution is -2.36. The molecule has 0 rings (SSSR count). The Bertz CT molecular complexity index is 155. The van der Waals surface area contributed by atoms with Crippen LogP contribution in [0, 0.1) is 0 Å². The normalized spacial score (nSPS) is 14.4. The molecule has 2 N–H and O–H groups in total. The molecule has 1 atom stereocenters. The maximum Gasteiger partial charge on any atom is 0.0857 e. The quantitative estimate of drug-likeness (QED) is 0.640. The smallest absolute Gasteiger partial charge is 0.0857 e. The van der Waals surface area contributed by atoms with Crippen molar-refractivity contribution in [1.82, 2.24) is 4.90 Å². The van der Waals surface area contributed by atoms with Crippen molar-refractivity contribution in [2.45, 2.75) is 32.9 Å². The number of ether oxygens (including phenoxy) is 1. The maximum absolute atomic E-state index is 5.77. The highest BCUT2D eigenvalue weighted by atomic mass is 16.5. The fourth-order valence-corrected chi connectivity index (χ4v) is 1.03. The molecule has 78 valence electrons. The first-order chi connectivity index (χ1) is 6.13. The summed E-state index contributed by atoms with van der Waals surface area (Å²) in [7, 11) is 3.69. The van der Waals surface area contributed by atoms with Crippen LogP contribution in [-0.4, -0.2) is 31.8 Å². The lowest BCUT2D eigenvalue weighted by molar-refractivity contribution is 0.184. The summed E-state index contributed by atoms with van der Waals surface area (Å²) in [6, 6.07) is 0. The summed E-state index contributed by atoms with van der Waals surface area (Å²) >= 11 is 0. The Morgan fingerprint density at radius 1 is 1.62 bits per heavy atom. The van der Waals surface area contributed by atoms with Gasteiger partial charge in [-0.25, -0.2) is 0 Å². The molecule has 0 spiro atoms. The zero-order valence-corrected chi connectivity index (χ0v) is 9.21. The van der Waals surface area contributed by atoms with Crippen molar-refractivity contribution in [3.05, 3.63) is 11.8 Å². The minimum absolute atomic E-state index is 0.0401. The SMILES string of the molecule is CCC/C=C(/COC)N(C)C(C)N. The predicted octanol–water partition coefficient (Wildman–Crippen LogP) is 1.55. The molecule has 0 aromatic rings. The lowest BCUT2D eigenvalue weighted by Gasteiger charge is -2.26. The fourth-order valence-electron chi connectivity index (χ4n) is 1.03. The number of likely N-dealkylation sites (N-methyl/N-ethyl adjacent to an activating group) is 1. The third kappa shape index (κ3) is 4.90. The van der Waals surface area contributed by atoms with Crippen molar-refractivity contribution >= 4 is 0 Å². The van der Waals surface area contributed by atoms with Crippen LogP contribution >= 0.6 is 0 Å². The molecule has 0 aliphatic rings. The lowest BCUT2D eigenvalue weighted by atomic mass is 10.2. The van der Waals surface area contributed by atoms with Gasteiger partial charge in [-0.3, -0.25) is 0 Å². The Morgan fingerprint density at radius 3 is 2.62 bits per heavy atom. The van der Waals surface area contributed by atoms with E-state index < -0.39 is 0 Å². The monoisotopic (exact) mass is 186 g/mol. The van der Waals surface area contributed by atoms with Gasteiger partial charge in [0.2, 0.25) is 0 Å². The van der Waals surface area contributed by atoms with Gasteiger partial charge in [0.15, 0.2) is 0 Å². The standard InChI is InChI=1S/C10H22N2O/c1-5-6-7-10(8-13-4)12(3)9(2)11/h7,9H,5-6,8,11H2,1-4H3/b10-7-. The number of rotatable bonds is 6. The summed E-state index contributed by atoms with van der Waals surface area (Å²) < 4.78 is 5.11. The van der Waals surface area contributed by atoms with E-state index in [1.54, 1.807) is 7.11 Å². The number of hydrogen-bond acceptors (Lipinski definition) is 3. The molecule has 0 aromatic heterocycles. The van der Waals surface area contributed by atoms with Crippen LogP contribution in [0.3, 0.4) is 0 Å². The van der Waals surface area contributed by atoms with Crippen LogP contribution in [0.2, 0.25) is 0 Å². The fraction of sp³-hybridized carbons (Fsp3) is 0.800. The van der Waals surface area contributed by atoms with Gasteiger partial charge in [0.05, 0.1) is 12.8 Å². The number of nitrogens with zero attached hydrogens (tertiary/aromatic N) is 1. The molecule has 0 aromatic carbocycles. The van der Waals surface area contributed by atoms with Crippen LogP contribution in [0.4, 0.5) is 0 Å². The predicted molar refractivity (Wildman–Crippen MR) is 56.3 cm³/mol. The third-order valence-electron chi connectivity index (χ3n) is 2.02. The summed E-state index contributed by atoms with van der Waals surface area (Å²) in [5.74, 6) is 0. The Morgan fingerprint density at radius 2 is 2.23 bits per heavy atom. The summed E-state index contributed by atoms with van der Waals surface area (Å²) in [5, 5.41) is 0. The molecule has 0 aliphatic carbocycles. The molecule has 0 saturated carbocycles. The highest BCUT2D eigenvalue weighted by molar-refractivity contribution is 5.01. The molecular weight excluding hydrogens is 164 g/mol. The molecule has 0 aliphatic heterocycles. The molecule has 1 unspecified atom stereocenters. The third-order valence-corrected chi connectivity index (χ3v) is 2.02. The summed E-state index contributed by atoms with van der Waals surface area (Å²) in [6.45, 7) is 4.76. The average molecular weight is 186 g/mol. The summed E-state index contributed by atoms with van der Waals surface area (Å²) in [4.78, 5) is 2.04. The van der Waals surface area contributed by atoms with Gasteiger partial charge in [-0.1, -0.05) is 19.4 Å². The highest BCUT2D eigenvalue weighted by Crippen LogP contribution is 2.06. The number of unbranched alkanes of at least 4 members (excludes halogenated alkanes) is 1. The molecule has 0 bridgehead atoms. The molecule has 0 amide bonds. The maximum atomic E-state index is 5.77. The van der Waals surface area contributed by atoms with Gasteiger partial charge in [0.1, 0.15) is 0 Å². The summed E-state index contributed by atoms with van der Waals surface area (Å²) in [5.41, 5.74) is 6.93. The zero-order chi connectivity index (χ0) is 10.3. The van der Waals surface area contributed by atoms with Crippen molar-refractivity contribution in [3.63, 3.8) is 0 Å². The van der Waals surface area contributed by atoms with Crippen LogP contribution in [-0.2, 0) is 4.74 Å². The number of hydrogen-bond donors (Lipinski definition) is 1. The van der Waals surface area contributed by atoms with Gasteiger partial charge in [0, 0.05) is 19.9 Å². The minimum atomic E-state index is 0.0401. The molecule has 0 radical (unpaired) electrons. The first-order valence-corrected chi connectivity index (χ1v) is 4.79. The van der Waals surface area contributed by atoms with Gasteiger partial charge < -0.3 is 15.4 Å². The molecule has 3 heteroatoms. The van der Waals surface area contributed by atoms with Crippen LogP contribution in [0.25, 0.3) is 0 Å². The van der Waals surface area contributed by atoms with Gasteiger partial charge >= 0.3 is 0 Å². The second-order valence-electron chi connectivity index (χ2n) is 3.27. The Hall–Kier alpha value is -0.540. The summed E-state index contributed by atoms with van der Waals surface area (Å²) in [6.07, 6.45) is 4.46. The number of methoxy groups -OCH3 is 1. The first-order valence-electron chi connectivity index (χ1n) is 4.79. The van der Waals surface area contributed by atoms with Gasteiger partial charge in [-0.2, -0.15) is 0 Å². The molecule has 0 fully saturated rings. The molecular formula is C10H22N2O. The van der Waals surface area contributed by atoms with Gasteiger partial charge in [-0.15, -0.1) is 0 Å². The van der Waals surface area contributed by atoms with E-state index in [-0.39, 0.29) is 6.17 Å². The average Bonchev–Trinajstić information content (AvgIpc) is 2.11. The minimum Gasteiger partial charge on any atom is -0.379 e. The molecule has 13 heavy (non-hydrogen) atoms. The largest absolute Gasteiger partial charge is 0.379 e. The first kappa shape index (κ1) is 12.5. The highest BCUT2D eigenvalue weighted by Gasteiger charge is 2.06. The molecule has 0 saturated heterocycles. The zero-order valence-electron chi connectivity index (χ0n) is 9.21. The Kier molecular flexibility index (Phi) is 6.63. The van der Waals surface area contributed by atoms with E-state index in [2.05, 4.69) is 13.0 Å². The van der Waals surface area contributed by atoms with E-state index in [1.165, 1.54) is 5.70 Å². The second kappa shape index (κ2) is 6.92. The van der Waals surface area contributed by atoms with Gasteiger partial charge in [-0.05, 0) is 13.3 Å². The van der Waals surface area contributed by atoms with Crippen molar-refractivity contribution in [1.29, 1.82) is 0 Å². The molecule has 0 heterocycles. The van der Waals surface area contributed by atoms with E-state index in [0.29, 0.717) is 6.61 Å². The Labute approximate surface area is 81.5 Å². The van der Waals surface area contributed by atoms with Crippen molar-refractivity contribution in [3.8, 4) is 0 Å². The van der Waals surface area contributed by atoms with Crippen LogP contribution < -0.4 is 5.73 Å². The molecule has 3 nitrogen and oxygen atoms in total. The van der Waals surface area contributed by atoms with E-state index in [9.17, 15) is 0 Å². The van der Waals surface area contributed by atoms with E-state index in [0.717, 1.165) is 12.8 Å². The Balaban J connectivity index is 4.22. The van der Waals surface area contributed by atoms with Crippen LogP contribution in [0.1, 0.15) is 26.7 Å². The van der Waals surface area contributed by atoms with Crippen LogP contribution in [0.15, 0.2) is 11.8 Å². The van der Waals surface area contributed by atoms with Crippen molar-refractivity contribution in [2.24, 2.45) is 5.73 Å². The number of nitrogens with two attached hydrogens (primary N) is 1. The topological polar surface area (TPSA) is 38.5 Å². The van der Waals surface area contributed by atoms with E-state index >= 15 is 0 Å². The van der Waals surface area contributed by atoms with E-state index in [1.807, 2.05) is 18.9 Å².